The van der Waals surface area contributed by atoms with Crippen LogP contribution in [0.2, 0.25) is 0 Å². The minimum Gasteiger partial charge on any atom is -0.466 e. The van der Waals surface area contributed by atoms with Crippen molar-refractivity contribution in [2.75, 3.05) is 31.1 Å². The van der Waals surface area contributed by atoms with Gasteiger partial charge in [0.25, 0.3) is 0 Å². The van der Waals surface area contributed by atoms with Crippen LogP contribution in [-0.4, -0.2) is 43.2 Å². The highest BCUT2D eigenvalue weighted by molar-refractivity contribution is 5.73. The molecule has 0 saturated carbocycles. The molecule has 2 aliphatic heterocycles. The number of para-hydroxylation sites is 2. The van der Waals surface area contributed by atoms with Gasteiger partial charge in [-0.1, -0.05) is 36.4 Å². The third-order valence-corrected chi connectivity index (χ3v) is 5.78. The second-order valence-electron chi connectivity index (χ2n) is 7.44. The number of carbonyl (C=O) groups excluding carboxylic acids is 1. The second-order valence-corrected chi connectivity index (χ2v) is 7.44. The van der Waals surface area contributed by atoms with Gasteiger partial charge in [0.1, 0.15) is 0 Å². The summed E-state index contributed by atoms with van der Waals surface area (Å²) >= 11 is 0. The van der Waals surface area contributed by atoms with Crippen molar-refractivity contribution in [1.82, 2.24) is 4.90 Å². The van der Waals surface area contributed by atoms with Crippen LogP contribution in [0.15, 0.2) is 54.6 Å². The molecule has 27 heavy (non-hydrogen) atoms. The number of hydrogen-bond acceptors (Lipinski definition) is 4. The molecule has 0 spiro atoms. The highest BCUT2D eigenvalue weighted by Gasteiger charge is 2.42. The Morgan fingerprint density at radius 1 is 1.11 bits per heavy atom. The summed E-state index contributed by atoms with van der Waals surface area (Å²) in [7, 11) is 0. The van der Waals surface area contributed by atoms with Crippen LogP contribution in [0.25, 0.3) is 0 Å². The lowest BCUT2D eigenvalue weighted by Gasteiger charge is -2.39. The van der Waals surface area contributed by atoms with Crippen LogP contribution in [0.1, 0.15) is 37.7 Å². The molecule has 1 fully saturated rings. The van der Waals surface area contributed by atoms with E-state index >= 15 is 0 Å². The predicted molar refractivity (Wildman–Crippen MR) is 108 cm³/mol. The summed E-state index contributed by atoms with van der Waals surface area (Å²) in [6.07, 6.45) is 2.54. The van der Waals surface area contributed by atoms with Gasteiger partial charge < -0.3 is 14.5 Å². The lowest BCUT2D eigenvalue weighted by molar-refractivity contribution is -0.143. The van der Waals surface area contributed by atoms with Crippen LogP contribution in [-0.2, 0) is 9.53 Å². The van der Waals surface area contributed by atoms with E-state index in [2.05, 4.69) is 64.4 Å². The molecule has 4 heteroatoms. The molecule has 0 radical (unpaired) electrons. The number of rotatable bonds is 6. The molecule has 4 rings (SSSR count). The van der Waals surface area contributed by atoms with Crippen LogP contribution in [0.4, 0.5) is 11.4 Å². The van der Waals surface area contributed by atoms with E-state index in [1.807, 2.05) is 6.92 Å². The van der Waals surface area contributed by atoms with Crippen LogP contribution < -0.4 is 4.90 Å². The predicted octanol–water partition coefficient (Wildman–Crippen LogP) is 4.34. The molecule has 2 aromatic rings. The van der Waals surface area contributed by atoms with E-state index in [1.54, 1.807) is 0 Å². The van der Waals surface area contributed by atoms with E-state index < -0.39 is 0 Å². The zero-order valence-corrected chi connectivity index (χ0v) is 16.0. The fourth-order valence-corrected chi connectivity index (χ4v) is 4.62. The van der Waals surface area contributed by atoms with E-state index in [0.717, 1.165) is 32.5 Å². The van der Waals surface area contributed by atoms with Gasteiger partial charge >= 0.3 is 5.97 Å². The van der Waals surface area contributed by atoms with Gasteiger partial charge in [-0.2, -0.15) is 0 Å². The Morgan fingerprint density at radius 2 is 1.89 bits per heavy atom. The molecule has 2 heterocycles. The number of benzene rings is 2. The number of nitrogens with zero attached hydrogens (tertiary/aromatic N) is 2. The summed E-state index contributed by atoms with van der Waals surface area (Å²) in [6.45, 7) is 5.45. The van der Waals surface area contributed by atoms with Gasteiger partial charge in [0.05, 0.1) is 6.61 Å². The first-order valence-electron chi connectivity index (χ1n) is 10.1. The number of ether oxygens (including phenoxy) is 1. The first kappa shape index (κ1) is 18.1. The Balaban J connectivity index is 1.47. The molecule has 142 valence electrons. The molecule has 2 aliphatic rings. The molecule has 0 aromatic heterocycles. The van der Waals surface area contributed by atoms with Crippen LogP contribution >= 0.6 is 0 Å². The molecule has 0 unspecified atom stereocenters. The van der Waals surface area contributed by atoms with E-state index in [0.29, 0.717) is 25.0 Å². The zero-order valence-electron chi connectivity index (χ0n) is 16.0. The van der Waals surface area contributed by atoms with Crippen molar-refractivity contribution < 1.29 is 9.53 Å². The summed E-state index contributed by atoms with van der Waals surface area (Å²) < 4.78 is 5.05. The van der Waals surface area contributed by atoms with E-state index in [4.69, 9.17) is 4.74 Å². The van der Waals surface area contributed by atoms with E-state index in [1.165, 1.54) is 16.9 Å². The van der Waals surface area contributed by atoms with Crippen molar-refractivity contribution in [2.24, 2.45) is 0 Å². The molecular weight excluding hydrogens is 336 g/mol. The van der Waals surface area contributed by atoms with Crippen LogP contribution in [0, 0.1) is 0 Å². The minimum absolute atomic E-state index is 0.0751. The number of hydrogen-bond donors (Lipinski definition) is 0. The SMILES string of the molecule is CCOC(=O)CCCN1CC[C@@H]2[C@@H](C1)c1ccccc1N2c1ccccc1. The number of piperidine rings is 1. The summed E-state index contributed by atoms with van der Waals surface area (Å²) in [5.74, 6) is 0.451. The maximum atomic E-state index is 11.6. The molecule has 0 N–H and O–H groups in total. The van der Waals surface area contributed by atoms with Gasteiger partial charge in [0.2, 0.25) is 0 Å². The second kappa shape index (κ2) is 8.13. The average Bonchev–Trinajstić information content (AvgIpc) is 3.03. The monoisotopic (exact) mass is 364 g/mol. The first-order valence-corrected chi connectivity index (χ1v) is 10.1. The van der Waals surface area contributed by atoms with E-state index in [9.17, 15) is 4.79 Å². The van der Waals surface area contributed by atoms with Crippen LogP contribution in [0.3, 0.4) is 0 Å². The number of fused-ring (bicyclic) bond motifs is 3. The third kappa shape index (κ3) is 3.72. The normalized spacial score (nSPS) is 21.6. The molecule has 4 nitrogen and oxygen atoms in total. The van der Waals surface area contributed by atoms with Crippen molar-refractivity contribution in [3.8, 4) is 0 Å². The lowest BCUT2D eigenvalue weighted by atomic mass is 9.89. The number of anilines is 2. The van der Waals surface area contributed by atoms with Gasteiger partial charge in [-0.25, -0.2) is 0 Å². The summed E-state index contributed by atoms with van der Waals surface area (Å²) in [5, 5.41) is 0. The smallest absolute Gasteiger partial charge is 0.305 e. The largest absolute Gasteiger partial charge is 0.466 e. The fourth-order valence-electron chi connectivity index (χ4n) is 4.62. The first-order chi connectivity index (χ1) is 13.3. The standard InChI is InChI=1S/C23H28N2O2/c1-2-27-23(26)13-8-15-24-16-14-22-20(17-24)19-11-6-7-12-21(19)25(22)18-9-4-3-5-10-18/h3-7,9-12,20,22H,2,8,13-17H2,1H3/t20-,22+/m0/s1. The topological polar surface area (TPSA) is 32.8 Å². The molecule has 2 atom stereocenters. The molecule has 0 bridgehead atoms. The Labute approximate surface area is 161 Å². The summed E-state index contributed by atoms with van der Waals surface area (Å²) in [4.78, 5) is 16.6. The Bertz CT molecular complexity index is 777. The molecular formula is C23H28N2O2. The Hall–Kier alpha value is -2.33. The third-order valence-electron chi connectivity index (χ3n) is 5.78. The Kier molecular flexibility index (Phi) is 5.44. The van der Waals surface area contributed by atoms with Gasteiger partial charge in [-0.15, -0.1) is 0 Å². The number of esters is 1. The van der Waals surface area contributed by atoms with Crippen LogP contribution in [0.5, 0.6) is 0 Å². The highest BCUT2D eigenvalue weighted by atomic mass is 16.5. The van der Waals surface area contributed by atoms with Gasteiger partial charge in [0.15, 0.2) is 0 Å². The minimum atomic E-state index is -0.0751. The van der Waals surface area contributed by atoms with Crippen molar-refractivity contribution in [1.29, 1.82) is 0 Å². The van der Waals surface area contributed by atoms with Crippen molar-refractivity contribution in [3.63, 3.8) is 0 Å². The van der Waals surface area contributed by atoms with Gasteiger partial charge in [-0.05, 0) is 50.1 Å². The maximum Gasteiger partial charge on any atom is 0.305 e. The summed E-state index contributed by atoms with van der Waals surface area (Å²) in [5.41, 5.74) is 4.10. The van der Waals surface area contributed by atoms with Gasteiger partial charge in [-0.3, -0.25) is 4.79 Å². The number of carbonyl (C=O) groups is 1. The van der Waals surface area contributed by atoms with Crippen molar-refractivity contribution in [3.05, 3.63) is 60.2 Å². The van der Waals surface area contributed by atoms with E-state index in [-0.39, 0.29) is 5.97 Å². The molecule has 1 saturated heterocycles. The van der Waals surface area contributed by atoms with Gasteiger partial charge in [0, 0.05) is 42.8 Å². The molecule has 0 aliphatic carbocycles. The average molecular weight is 364 g/mol. The Morgan fingerprint density at radius 3 is 2.70 bits per heavy atom. The van der Waals surface area contributed by atoms with Crippen molar-refractivity contribution >= 4 is 17.3 Å². The highest BCUT2D eigenvalue weighted by Crippen LogP contribution is 2.48. The summed E-state index contributed by atoms with van der Waals surface area (Å²) in [6, 6.07) is 20.1. The molecule has 0 amide bonds. The zero-order chi connectivity index (χ0) is 18.6. The fraction of sp³-hybridized carbons (Fsp3) is 0.435. The number of likely N-dealkylation sites (tertiary alicyclic amines) is 1. The quantitative estimate of drug-likeness (QED) is 0.714. The lowest BCUT2D eigenvalue weighted by Crippen LogP contribution is -2.45. The molecule has 2 aromatic carbocycles. The van der Waals surface area contributed by atoms with Crippen molar-refractivity contribution in [2.45, 2.75) is 38.1 Å². The maximum absolute atomic E-state index is 11.6.